The fourth-order valence-electron chi connectivity index (χ4n) is 0.913. The lowest BCUT2D eigenvalue weighted by Gasteiger charge is -2.18. The number of nitrogens with zero attached hydrogens (tertiary/aromatic N) is 1. The van der Waals surface area contributed by atoms with Crippen molar-refractivity contribution >= 4 is 0 Å². The molecule has 0 saturated heterocycles. The molecule has 0 rings (SSSR count). The Labute approximate surface area is 68.0 Å². The van der Waals surface area contributed by atoms with Crippen molar-refractivity contribution in [2.24, 2.45) is 0 Å². The van der Waals surface area contributed by atoms with Crippen LogP contribution < -0.4 is 0 Å². The highest BCUT2D eigenvalue weighted by Crippen LogP contribution is 1.90. The molecule has 0 bridgehead atoms. The van der Waals surface area contributed by atoms with E-state index in [9.17, 15) is 0 Å². The van der Waals surface area contributed by atoms with E-state index in [4.69, 9.17) is 10.2 Å². The van der Waals surface area contributed by atoms with Crippen molar-refractivity contribution in [2.75, 3.05) is 32.8 Å². The lowest BCUT2D eigenvalue weighted by Crippen LogP contribution is -2.28. The minimum absolute atomic E-state index is 0.166. The monoisotopic (exact) mass is 159 g/mol. The average molecular weight is 159 g/mol. The number of aliphatic hydroxyl groups excluding tert-OH is 2. The van der Waals surface area contributed by atoms with Crippen molar-refractivity contribution in [3.05, 3.63) is 12.7 Å². The van der Waals surface area contributed by atoms with Crippen LogP contribution in [0.2, 0.25) is 0 Å². The molecule has 0 aromatic heterocycles. The standard InChI is InChI=1S/C8H17NO2/c1-2-4-9(6-8-11)5-3-7-10/h2,10-11H,1,3-8H2. The molecule has 0 aromatic carbocycles. The van der Waals surface area contributed by atoms with Gasteiger partial charge in [0.2, 0.25) is 0 Å². The third-order valence-corrected chi connectivity index (χ3v) is 1.44. The Bertz CT molecular complexity index is 96.1. The second-order valence-electron chi connectivity index (χ2n) is 2.39. The Balaban J connectivity index is 3.41. The van der Waals surface area contributed by atoms with E-state index < -0.39 is 0 Å². The van der Waals surface area contributed by atoms with E-state index in [2.05, 4.69) is 6.58 Å². The van der Waals surface area contributed by atoms with E-state index in [1.54, 1.807) is 6.08 Å². The molecule has 11 heavy (non-hydrogen) atoms. The smallest absolute Gasteiger partial charge is 0.0558 e. The number of hydrogen-bond acceptors (Lipinski definition) is 3. The van der Waals surface area contributed by atoms with Gasteiger partial charge in [0.15, 0.2) is 0 Å². The number of hydrogen-bond donors (Lipinski definition) is 2. The number of rotatable bonds is 7. The van der Waals surface area contributed by atoms with E-state index in [0.717, 1.165) is 19.5 Å². The first-order valence-corrected chi connectivity index (χ1v) is 3.90. The maximum absolute atomic E-state index is 8.62. The molecular formula is C8H17NO2. The van der Waals surface area contributed by atoms with Gasteiger partial charge in [0.1, 0.15) is 0 Å². The molecule has 0 atom stereocenters. The molecule has 0 aliphatic heterocycles. The van der Waals surface area contributed by atoms with Gasteiger partial charge in [-0.1, -0.05) is 6.08 Å². The predicted molar refractivity (Wildman–Crippen MR) is 45.4 cm³/mol. The molecule has 0 amide bonds. The summed E-state index contributed by atoms with van der Waals surface area (Å²) in [5.74, 6) is 0. The molecule has 0 aliphatic carbocycles. The van der Waals surface area contributed by atoms with Crippen molar-refractivity contribution in [1.82, 2.24) is 4.90 Å². The van der Waals surface area contributed by atoms with Crippen LogP contribution in [0.3, 0.4) is 0 Å². The molecule has 0 aromatic rings. The van der Waals surface area contributed by atoms with E-state index in [-0.39, 0.29) is 13.2 Å². The third-order valence-electron chi connectivity index (χ3n) is 1.44. The minimum atomic E-state index is 0.166. The predicted octanol–water partition coefficient (Wildman–Crippen LogP) is -0.151. The van der Waals surface area contributed by atoms with E-state index in [0.29, 0.717) is 6.54 Å². The number of aliphatic hydroxyl groups is 2. The summed E-state index contributed by atoms with van der Waals surface area (Å²) in [6, 6.07) is 0. The van der Waals surface area contributed by atoms with Gasteiger partial charge < -0.3 is 10.2 Å². The highest BCUT2D eigenvalue weighted by molar-refractivity contribution is 4.72. The summed E-state index contributed by atoms with van der Waals surface area (Å²) >= 11 is 0. The largest absolute Gasteiger partial charge is 0.396 e. The lowest BCUT2D eigenvalue weighted by molar-refractivity contribution is 0.191. The molecule has 0 unspecified atom stereocenters. The van der Waals surface area contributed by atoms with Crippen LogP contribution in [0, 0.1) is 0 Å². The zero-order valence-corrected chi connectivity index (χ0v) is 6.87. The average Bonchev–Trinajstić information content (AvgIpc) is 2.01. The molecule has 0 radical (unpaired) electrons. The zero-order valence-electron chi connectivity index (χ0n) is 6.87. The highest BCUT2D eigenvalue weighted by Gasteiger charge is 1.99. The van der Waals surface area contributed by atoms with Gasteiger partial charge in [0.05, 0.1) is 6.61 Å². The fourth-order valence-corrected chi connectivity index (χ4v) is 0.913. The van der Waals surface area contributed by atoms with E-state index in [1.165, 1.54) is 0 Å². The van der Waals surface area contributed by atoms with Crippen LogP contribution in [0.4, 0.5) is 0 Å². The zero-order chi connectivity index (χ0) is 8.53. The van der Waals surface area contributed by atoms with Crippen LogP contribution in [-0.2, 0) is 0 Å². The molecule has 2 N–H and O–H groups in total. The summed E-state index contributed by atoms with van der Waals surface area (Å²) in [5, 5.41) is 17.2. The first-order valence-electron chi connectivity index (χ1n) is 3.90. The summed E-state index contributed by atoms with van der Waals surface area (Å²) in [4.78, 5) is 2.04. The van der Waals surface area contributed by atoms with Crippen LogP contribution in [0.5, 0.6) is 0 Å². The van der Waals surface area contributed by atoms with Crippen LogP contribution >= 0.6 is 0 Å². The normalized spacial score (nSPS) is 10.5. The second-order valence-corrected chi connectivity index (χ2v) is 2.39. The molecule has 0 fully saturated rings. The van der Waals surface area contributed by atoms with Gasteiger partial charge in [0, 0.05) is 26.2 Å². The molecule has 3 nitrogen and oxygen atoms in total. The highest BCUT2D eigenvalue weighted by atomic mass is 16.3. The SMILES string of the molecule is C=CCN(CCO)CCCO. The molecule has 0 heterocycles. The molecule has 66 valence electrons. The first kappa shape index (κ1) is 10.6. The third kappa shape index (κ3) is 6.04. The van der Waals surface area contributed by atoms with Crippen LogP contribution in [0.25, 0.3) is 0 Å². The molecule has 0 saturated carbocycles. The molecule has 3 heteroatoms. The maximum Gasteiger partial charge on any atom is 0.0558 e. The van der Waals surface area contributed by atoms with Crippen molar-refractivity contribution in [2.45, 2.75) is 6.42 Å². The molecule has 0 spiro atoms. The summed E-state index contributed by atoms with van der Waals surface area (Å²) in [6.07, 6.45) is 2.56. The van der Waals surface area contributed by atoms with Crippen LogP contribution in [0.15, 0.2) is 12.7 Å². The van der Waals surface area contributed by atoms with E-state index >= 15 is 0 Å². The fraction of sp³-hybridized carbons (Fsp3) is 0.750. The summed E-state index contributed by atoms with van der Waals surface area (Å²) in [5.41, 5.74) is 0. The van der Waals surface area contributed by atoms with Gasteiger partial charge in [-0.3, -0.25) is 4.90 Å². The Hall–Kier alpha value is -0.380. The molecule has 0 aliphatic rings. The van der Waals surface area contributed by atoms with Gasteiger partial charge in [-0.05, 0) is 6.42 Å². The lowest BCUT2D eigenvalue weighted by atomic mass is 10.4. The quantitative estimate of drug-likeness (QED) is 0.508. The van der Waals surface area contributed by atoms with Crippen molar-refractivity contribution in [3.63, 3.8) is 0 Å². The first-order chi connectivity index (χ1) is 5.35. The summed E-state index contributed by atoms with van der Waals surface area (Å²) < 4.78 is 0. The van der Waals surface area contributed by atoms with Crippen LogP contribution in [0.1, 0.15) is 6.42 Å². The van der Waals surface area contributed by atoms with Gasteiger partial charge in [-0.15, -0.1) is 6.58 Å². The van der Waals surface area contributed by atoms with Gasteiger partial charge >= 0.3 is 0 Å². The molecular weight excluding hydrogens is 142 g/mol. The topological polar surface area (TPSA) is 43.7 Å². The van der Waals surface area contributed by atoms with Gasteiger partial charge in [0.25, 0.3) is 0 Å². The Morgan fingerprint density at radius 2 is 1.91 bits per heavy atom. The van der Waals surface area contributed by atoms with Gasteiger partial charge in [-0.2, -0.15) is 0 Å². The summed E-state index contributed by atoms with van der Waals surface area (Å²) in [6.45, 7) is 6.24. The summed E-state index contributed by atoms with van der Waals surface area (Å²) in [7, 11) is 0. The second kappa shape index (κ2) is 7.72. The minimum Gasteiger partial charge on any atom is -0.396 e. The Kier molecular flexibility index (Phi) is 7.46. The van der Waals surface area contributed by atoms with E-state index in [1.807, 2.05) is 4.90 Å². The van der Waals surface area contributed by atoms with Crippen molar-refractivity contribution < 1.29 is 10.2 Å². The van der Waals surface area contributed by atoms with Crippen LogP contribution in [-0.4, -0.2) is 48.0 Å². The van der Waals surface area contributed by atoms with Crippen molar-refractivity contribution in [1.29, 1.82) is 0 Å². The van der Waals surface area contributed by atoms with Crippen molar-refractivity contribution in [3.8, 4) is 0 Å². The Morgan fingerprint density at radius 1 is 1.18 bits per heavy atom. The Morgan fingerprint density at radius 3 is 2.36 bits per heavy atom. The maximum atomic E-state index is 8.62. The van der Waals surface area contributed by atoms with Gasteiger partial charge in [-0.25, -0.2) is 0 Å².